The van der Waals surface area contributed by atoms with E-state index < -0.39 is 6.29 Å². The first kappa shape index (κ1) is 8.32. The van der Waals surface area contributed by atoms with Crippen LogP contribution < -0.4 is 0 Å². The summed E-state index contributed by atoms with van der Waals surface area (Å²) >= 11 is 0. The summed E-state index contributed by atoms with van der Waals surface area (Å²) in [5.41, 5.74) is 2.89. The topological polar surface area (TPSA) is 29.5 Å². The number of hydrogen-bond donors (Lipinski definition) is 1. The smallest absolute Gasteiger partial charge is 0.223 e. The molecule has 1 aliphatic rings. The van der Waals surface area contributed by atoms with E-state index in [0.717, 1.165) is 16.7 Å². The molecule has 1 aliphatic heterocycles. The quantitative estimate of drug-likeness (QED) is 0.709. The van der Waals surface area contributed by atoms with Gasteiger partial charge in [0.1, 0.15) is 0 Å². The Hall–Kier alpha value is -1.28. The van der Waals surface area contributed by atoms with Crippen LogP contribution in [-0.4, -0.2) is 5.11 Å². The molecule has 0 spiro atoms. The molecule has 0 bridgehead atoms. The van der Waals surface area contributed by atoms with Crippen LogP contribution in [0.25, 0.3) is 5.57 Å². The second kappa shape index (κ2) is 3.23. The van der Waals surface area contributed by atoms with Gasteiger partial charge in [0.15, 0.2) is 0 Å². The third-order valence-electron chi connectivity index (χ3n) is 2.18. The molecule has 0 saturated heterocycles. The molecular formula is C11H11O2. The van der Waals surface area contributed by atoms with Gasteiger partial charge in [-0.3, -0.25) is 0 Å². The number of allylic oxidation sites excluding steroid dienone is 1. The predicted molar refractivity (Wildman–Crippen MR) is 50.4 cm³/mol. The van der Waals surface area contributed by atoms with E-state index in [-0.39, 0.29) is 0 Å². The molecule has 1 N–H and O–H groups in total. The van der Waals surface area contributed by atoms with Crippen molar-refractivity contribution in [2.24, 2.45) is 0 Å². The maximum Gasteiger partial charge on any atom is 0.223 e. The Kier molecular flexibility index (Phi) is 2.07. The average Bonchev–Trinajstić information content (AvgIpc) is 2.19. The third kappa shape index (κ3) is 1.33. The lowest BCUT2D eigenvalue weighted by molar-refractivity contribution is -0.0563. The lowest BCUT2D eigenvalue weighted by Crippen LogP contribution is -2.08. The highest BCUT2D eigenvalue weighted by Crippen LogP contribution is 2.32. The Balaban J connectivity index is 2.52. The molecule has 1 heterocycles. The zero-order chi connectivity index (χ0) is 9.26. The number of aliphatic hydroxyl groups excluding tert-OH is 1. The van der Waals surface area contributed by atoms with E-state index in [4.69, 9.17) is 4.74 Å². The molecule has 1 unspecified atom stereocenters. The molecule has 2 heteroatoms. The number of hydrogen-bond acceptors (Lipinski definition) is 2. The van der Waals surface area contributed by atoms with E-state index in [9.17, 15) is 5.11 Å². The summed E-state index contributed by atoms with van der Waals surface area (Å²) in [6.07, 6.45) is 1.43. The van der Waals surface area contributed by atoms with Gasteiger partial charge >= 0.3 is 0 Å². The first-order valence-corrected chi connectivity index (χ1v) is 4.24. The van der Waals surface area contributed by atoms with Crippen LogP contribution in [0.15, 0.2) is 30.5 Å². The lowest BCUT2D eigenvalue weighted by Gasteiger charge is -2.21. The van der Waals surface area contributed by atoms with Gasteiger partial charge in [-0.1, -0.05) is 24.3 Å². The molecular weight excluding hydrogens is 164 g/mol. The second-order valence-electron chi connectivity index (χ2n) is 2.97. The summed E-state index contributed by atoms with van der Waals surface area (Å²) in [6.45, 7) is 3.80. The number of ether oxygens (including phenoxy) is 1. The van der Waals surface area contributed by atoms with Crippen LogP contribution in [0.1, 0.15) is 23.8 Å². The van der Waals surface area contributed by atoms with Crippen molar-refractivity contribution in [3.8, 4) is 0 Å². The zero-order valence-electron chi connectivity index (χ0n) is 7.23. The molecule has 0 saturated carbocycles. The molecule has 1 radical (unpaired) electrons. The summed E-state index contributed by atoms with van der Waals surface area (Å²) in [7, 11) is 0. The predicted octanol–water partition coefficient (Wildman–Crippen LogP) is 2.27. The van der Waals surface area contributed by atoms with Crippen molar-refractivity contribution >= 4 is 5.57 Å². The van der Waals surface area contributed by atoms with Gasteiger partial charge in [0.2, 0.25) is 6.29 Å². The molecule has 1 aromatic rings. The van der Waals surface area contributed by atoms with E-state index in [1.165, 1.54) is 0 Å². The number of aliphatic hydroxyl groups is 1. The molecule has 1 atom stereocenters. The standard InChI is InChI=1S/C11H11O2/c1-2-8-7-13-11(12)10-6-4-3-5-9(8)10/h3-7,11-12H,1-2H2. The number of fused-ring (bicyclic) bond motifs is 1. The highest BCUT2D eigenvalue weighted by atomic mass is 16.6. The number of benzene rings is 1. The van der Waals surface area contributed by atoms with Gasteiger partial charge < -0.3 is 9.84 Å². The van der Waals surface area contributed by atoms with Crippen LogP contribution in [-0.2, 0) is 4.74 Å². The maximum absolute atomic E-state index is 9.49. The first-order valence-electron chi connectivity index (χ1n) is 4.24. The van der Waals surface area contributed by atoms with Crippen LogP contribution >= 0.6 is 0 Å². The van der Waals surface area contributed by atoms with E-state index in [1.807, 2.05) is 24.3 Å². The number of rotatable bonds is 1. The fourth-order valence-electron chi connectivity index (χ4n) is 1.48. The van der Waals surface area contributed by atoms with Crippen molar-refractivity contribution in [1.29, 1.82) is 0 Å². The lowest BCUT2D eigenvalue weighted by atomic mass is 9.97. The molecule has 13 heavy (non-hydrogen) atoms. The molecule has 0 aromatic heterocycles. The van der Waals surface area contributed by atoms with E-state index >= 15 is 0 Å². The van der Waals surface area contributed by atoms with Crippen molar-refractivity contribution in [3.05, 3.63) is 48.6 Å². The highest BCUT2D eigenvalue weighted by Gasteiger charge is 2.18. The highest BCUT2D eigenvalue weighted by molar-refractivity contribution is 5.69. The Morgan fingerprint density at radius 2 is 2.15 bits per heavy atom. The Bertz CT molecular complexity index is 342. The van der Waals surface area contributed by atoms with Crippen LogP contribution in [0.3, 0.4) is 0 Å². The minimum Gasteiger partial charge on any atom is -0.468 e. The molecule has 0 amide bonds. The van der Waals surface area contributed by atoms with Gasteiger partial charge in [0.25, 0.3) is 0 Å². The minimum atomic E-state index is -0.827. The Labute approximate surface area is 77.5 Å². The van der Waals surface area contributed by atoms with Crippen LogP contribution in [0.2, 0.25) is 0 Å². The van der Waals surface area contributed by atoms with Crippen molar-refractivity contribution in [2.45, 2.75) is 12.7 Å². The van der Waals surface area contributed by atoms with Crippen molar-refractivity contribution in [2.75, 3.05) is 0 Å². The largest absolute Gasteiger partial charge is 0.468 e. The van der Waals surface area contributed by atoms with Gasteiger partial charge in [0.05, 0.1) is 6.26 Å². The average molecular weight is 175 g/mol. The third-order valence-corrected chi connectivity index (χ3v) is 2.18. The molecule has 1 aromatic carbocycles. The fraction of sp³-hybridized carbons (Fsp3) is 0.182. The minimum absolute atomic E-state index is 0.670. The van der Waals surface area contributed by atoms with E-state index in [1.54, 1.807) is 6.26 Å². The maximum atomic E-state index is 9.49. The van der Waals surface area contributed by atoms with Crippen molar-refractivity contribution in [1.82, 2.24) is 0 Å². The molecule has 0 aliphatic carbocycles. The van der Waals surface area contributed by atoms with E-state index in [2.05, 4.69) is 6.92 Å². The van der Waals surface area contributed by atoms with E-state index in [0.29, 0.717) is 6.42 Å². The molecule has 67 valence electrons. The van der Waals surface area contributed by atoms with Gasteiger partial charge in [-0.15, -0.1) is 0 Å². The molecule has 0 fully saturated rings. The summed E-state index contributed by atoms with van der Waals surface area (Å²) in [5.74, 6) is 0. The summed E-state index contributed by atoms with van der Waals surface area (Å²) in [4.78, 5) is 0. The Morgan fingerprint density at radius 1 is 1.38 bits per heavy atom. The molecule has 2 rings (SSSR count). The summed E-state index contributed by atoms with van der Waals surface area (Å²) in [5, 5.41) is 9.49. The van der Waals surface area contributed by atoms with Gasteiger partial charge in [-0.25, -0.2) is 0 Å². The van der Waals surface area contributed by atoms with Gasteiger partial charge in [0, 0.05) is 5.56 Å². The molecule has 2 nitrogen and oxygen atoms in total. The van der Waals surface area contributed by atoms with Gasteiger partial charge in [-0.05, 0) is 24.5 Å². The Morgan fingerprint density at radius 3 is 2.92 bits per heavy atom. The van der Waals surface area contributed by atoms with Crippen molar-refractivity contribution < 1.29 is 9.84 Å². The van der Waals surface area contributed by atoms with Crippen molar-refractivity contribution in [3.63, 3.8) is 0 Å². The normalized spacial score (nSPS) is 20.2. The van der Waals surface area contributed by atoms with Crippen LogP contribution in [0.5, 0.6) is 0 Å². The first-order chi connectivity index (χ1) is 6.33. The fourth-order valence-corrected chi connectivity index (χ4v) is 1.48. The monoisotopic (exact) mass is 175 g/mol. The summed E-state index contributed by atoms with van der Waals surface area (Å²) in [6, 6.07) is 7.67. The summed E-state index contributed by atoms with van der Waals surface area (Å²) < 4.78 is 5.06. The SMILES string of the molecule is [CH2]CC1=COC(O)c2ccccc21. The second-order valence-corrected chi connectivity index (χ2v) is 2.97. The van der Waals surface area contributed by atoms with Crippen LogP contribution in [0, 0.1) is 6.92 Å². The van der Waals surface area contributed by atoms with Crippen LogP contribution in [0.4, 0.5) is 0 Å². The zero-order valence-corrected chi connectivity index (χ0v) is 7.23. The van der Waals surface area contributed by atoms with Gasteiger partial charge in [-0.2, -0.15) is 0 Å².